The Labute approximate surface area is 123 Å². The van der Waals surface area contributed by atoms with E-state index in [-0.39, 0.29) is 17.0 Å². The predicted molar refractivity (Wildman–Crippen MR) is 80.8 cm³/mol. The van der Waals surface area contributed by atoms with Crippen molar-refractivity contribution in [1.82, 2.24) is 10.2 Å². The van der Waals surface area contributed by atoms with Gasteiger partial charge in [0, 0.05) is 23.7 Å². The quantitative estimate of drug-likeness (QED) is 0.898. The monoisotopic (exact) mass is 316 g/mol. The molecule has 0 aliphatic carbocycles. The summed E-state index contributed by atoms with van der Waals surface area (Å²) in [5, 5.41) is 4.49. The number of carbonyl (C=O) groups is 1. The molecular formula is C13H20N2O3S2. The summed E-state index contributed by atoms with van der Waals surface area (Å²) < 4.78 is 23.2. The minimum absolute atomic E-state index is 0.141. The molecule has 112 valence electrons. The topological polar surface area (TPSA) is 66.5 Å². The number of aryl methyl sites for hydroxylation is 1. The van der Waals surface area contributed by atoms with Crippen LogP contribution in [0.5, 0.6) is 0 Å². The number of likely N-dealkylation sites (tertiary alicyclic amines) is 1. The van der Waals surface area contributed by atoms with Crippen molar-refractivity contribution >= 4 is 27.2 Å². The van der Waals surface area contributed by atoms with Gasteiger partial charge in [-0.05, 0) is 23.4 Å². The number of carbonyl (C=O) groups excluding carboxylic acids is 1. The third kappa shape index (κ3) is 3.15. The van der Waals surface area contributed by atoms with Crippen LogP contribution in [0.15, 0.2) is 11.4 Å². The van der Waals surface area contributed by atoms with E-state index in [2.05, 4.69) is 18.3 Å². The molecule has 1 aliphatic rings. The van der Waals surface area contributed by atoms with Crippen LogP contribution in [0, 0.1) is 0 Å². The number of rotatable bonds is 5. The molecule has 1 N–H and O–H groups in total. The maximum Gasteiger partial charge on any atom is 0.317 e. The van der Waals surface area contributed by atoms with Crippen LogP contribution in [0.25, 0.3) is 0 Å². The van der Waals surface area contributed by atoms with Crippen molar-refractivity contribution in [1.29, 1.82) is 0 Å². The van der Waals surface area contributed by atoms with E-state index in [0.29, 0.717) is 19.6 Å². The third-order valence-corrected chi connectivity index (χ3v) is 6.75. The van der Waals surface area contributed by atoms with E-state index in [4.69, 9.17) is 0 Å². The standard InChI is InChI=1S/C13H20N2O3S2/c1-3-10-5-6-19-12(10)7-14-13(16)15-8-11(9-15)20(17,18)4-2/h5-6,11H,3-4,7-9H2,1-2H3,(H,14,16). The first-order valence-electron chi connectivity index (χ1n) is 6.77. The number of sulfone groups is 1. The smallest absolute Gasteiger partial charge is 0.317 e. The largest absolute Gasteiger partial charge is 0.333 e. The molecule has 1 aromatic rings. The first-order valence-corrected chi connectivity index (χ1v) is 9.37. The molecule has 0 saturated carbocycles. The van der Waals surface area contributed by atoms with Gasteiger partial charge in [0.25, 0.3) is 0 Å². The van der Waals surface area contributed by atoms with Crippen molar-refractivity contribution in [3.05, 3.63) is 21.9 Å². The highest BCUT2D eigenvalue weighted by Crippen LogP contribution is 2.19. The first kappa shape index (κ1) is 15.3. The molecule has 0 unspecified atom stereocenters. The molecule has 7 heteroatoms. The summed E-state index contributed by atoms with van der Waals surface area (Å²) >= 11 is 1.63. The highest BCUT2D eigenvalue weighted by atomic mass is 32.2. The van der Waals surface area contributed by atoms with Gasteiger partial charge >= 0.3 is 6.03 Å². The van der Waals surface area contributed by atoms with Crippen molar-refractivity contribution in [3.63, 3.8) is 0 Å². The highest BCUT2D eigenvalue weighted by Gasteiger charge is 2.38. The van der Waals surface area contributed by atoms with E-state index in [9.17, 15) is 13.2 Å². The zero-order valence-corrected chi connectivity index (χ0v) is 13.4. The van der Waals surface area contributed by atoms with Gasteiger partial charge in [-0.3, -0.25) is 0 Å². The van der Waals surface area contributed by atoms with E-state index < -0.39 is 9.84 Å². The van der Waals surface area contributed by atoms with E-state index in [1.165, 1.54) is 10.4 Å². The second-order valence-corrected chi connectivity index (χ2v) is 8.43. The summed E-state index contributed by atoms with van der Waals surface area (Å²) in [5.74, 6) is 0.141. The molecule has 0 spiro atoms. The van der Waals surface area contributed by atoms with Crippen LogP contribution in [-0.2, 0) is 22.8 Å². The summed E-state index contributed by atoms with van der Waals surface area (Å²) in [6, 6.07) is 1.89. The average molecular weight is 316 g/mol. The van der Waals surface area contributed by atoms with Crippen LogP contribution in [0.3, 0.4) is 0 Å². The molecule has 2 amide bonds. The van der Waals surface area contributed by atoms with Gasteiger partial charge < -0.3 is 10.2 Å². The average Bonchev–Trinajstić information content (AvgIpc) is 2.81. The Balaban J connectivity index is 1.81. The van der Waals surface area contributed by atoms with E-state index in [1.807, 2.05) is 5.38 Å². The van der Waals surface area contributed by atoms with E-state index in [0.717, 1.165) is 6.42 Å². The summed E-state index contributed by atoms with van der Waals surface area (Å²) in [6.45, 7) is 4.87. The normalized spacial score (nSPS) is 16.0. The molecule has 20 heavy (non-hydrogen) atoms. The Morgan fingerprint density at radius 2 is 2.15 bits per heavy atom. The fourth-order valence-electron chi connectivity index (χ4n) is 2.17. The fourth-order valence-corrected chi connectivity index (χ4v) is 4.37. The zero-order valence-electron chi connectivity index (χ0n) is 11.8. The second-order valence-electron chi connectivity index (χ2n) is 4.86. The highest BCUT2D eigenvalue weighted by molar-refractivity contribution is 7.92. The van der Waals surface area contributed by atoms with Gasteiger partial charge in [-0.25, -0.2) is 13.2 Å². The van der Waals surface area contributed by atoms with Gasteiger partial charge in [-0.2, -0.15) is 0 Å². The minimum atomic E-state index is -3.02. The third-order valence-electron chi connectivity index (χ3n) is 3.66. The number of hydrogen-bond acceptors (Lipinski definition) is 4. The van der Waals surface area contributed by atoms with Crippen LogP contribution in [0.4, 0.5) is 4.79 Å². The van der Waals surface area contributed by atoms with Crippen molar-refractivity contribution in [2.24, 2.45) is 0 Å². The molecule has 0 aromatic carbocycles. The van der Waals surface area contributed by atoms with Gasteiger partial charge in [0.15, 0.2) is 9.84 Å². The van der Waals surface area contributed by atoms with Gasteiger partial charge in [0.1, 0.15) is 0 Å². The molecule has 2 rings (SSSR count). The second kappa shape index (κ2) is 6.13. The van der Waals surface area contributed by atoms with E-state index in [1.54, 1.807) is 23.2 Å². The van der Waals surface area contributed by atoms with Crippen molar-refractivity contribution in [3.8, 4) is 0 Å². The lowest BCUT2D eigenvalue weighted by atomic mass is 10.2. The van der Waals surface area contributed by atoms with Crippen LogP contribution in [0.2, 0.25) is 0 Å². The maximum atomic E-state index is 11.9. The van der Waals surface area contributed by atoms with Crippen LogP contribution < -0.4 is 5.32 Å². The fraction of sp³-hybridized carbons (Fsp3) is 0.615. The minimum Gasteiger partial charge on any atom is -0.333 e. The Morgan fingerprint density at radius 1 is 1.45 bits per heavy atom. The SMILES string of the molecule is CCc1ccsc1CNC(=O)N1CC(S(=O)(=O)CC)C1. The lowest BCUT2D eigenvalue weighted by Crippen LogP contribution is -2.59. The molecule has 1 fully saturated rings. The Hall–Kier alpha value is -1.08. The summed E-state index contributed by atoms with van der Waals surface area (Å²) in [7, 11) is -3.02. The summed E-state index contributed by atoms with van der Waals surface area (Å²) in [4.78, 5) is 14.6. The van der Waals surface area contributed by atoms with Crippen molar-refractivity contribution < 1.29 is 13.2 Å². The lowest BCUT2D eigenvalue weighted by Gasteiger charge is -2.38. The Bertz CT molecular complexity index is 574. The Morgan fingerprint density at radius 3 is 2.75 bits per heavy atom. The number of urea groups is 1. The van der Waals surface area contributed by atoms with Crippen LogP contribution in [-0.4, -0.2) is 43.4 Å². The van der Waals surface area contributed by atoms with Gasteiger partial charge in [0.05, 0.1) is 11.8 Å². The molecule has 1 aromatic heterocycles. The van der Waals surface area contributed by atoms with Crippen molar-refractivity contribution in [2.75, 3.05) is 18.8 Å². The zero-order chi connectivity index (χ0) is 14.8. The number of nitrogens with one attached hydrogen (secondary N) is 1. The molecular weight excluding hydrogens is 296 g/mol. The molecule has 0 atom stereocenters. The van der Waals surface area contributed by atoms with Gasteiger partial charge in [-0.15, -0.1) is 11.3 Å². The van der Waals surface area contributed by atoms with Gasteiger partial charge in [-0.1, -0.05) is 13.8 Å². The van der Waals surface area contributed by atoms with E-state index >= 15 is 0 Å². The number of amides is 2. The molecule has 1 saturated heterocycles. The molecule has 0 radical (unpaired) electrons. The van der Waals surface area contributed by atoms with Crippen LogP contribution >= 0.6 is 11.3 Å². The maximum absolute atomic E-state index is 11.9. The number of thiophene rings is 1. The first-order chi connectivity index (χ1) is 9.47. The summed E-state index contributed by atoms with van der Waals surface area (Å²) in [6.07, 6.45) is 0.954. The number of hydrogen-bond donors (Lipinski definition) is 1. The predicted octanol–water partition coefficient (Wildman–Crippen LogP) is 1.64. The van der Waals surface area contributed by atoms with Crippen LogP contribution in [0.1, 0.15) is 24.3 Å². The molecule has 0 bridgehead atoms. The molecule has 5 nitrogen and oxygen atoms in total. The van der Waals surface area contributed by atoms with Gasteiger partial charge in [0.2, 0.25) is 0 Å². The summed E-state index contributed by atoms with van der Waals surface area (Å²) in [5.41, 5.74) is 1.25. The molecule has 1 aliphatic heterocycles. The van der Waals surface area contributed by atoms with Crippen molar-refractivity contribution in [2.45, 2.75) is 32.1 Å². The molecule has 2 heterocycles. The lowest BCUT2D eigenvalue weighted by molar-refractivity contribution is 0.169. The number of nitrogens with zero attached hydrogens (tertiary/aromatic N) is 1. The Kier molecular flexibility index (Phi) is 4.70.